The Balaban J connectivity index is 1.79. The van der Waals surface area contributed by atoms with Crippen LogP contribution >= 0.6 is 11.3 Å². The fourth-order valence-electron chi connectivity index (χ4n) is 3.68. The SMILES string of the molecule is COc1cc(CO[C@@H]2CN(C(=O)c3csc(C(C)=O)c3)CC(=O)N(C(C)C)C2)cc(OC)c1. The van der Waals surface area contributed by atoms with Crippen LogP contribution in [0.4, 0.5) is 0 Å². The lowest BCUT2D eigenvalue weighted by molar-refractivity contribution is -0.133. The van der Waals surface area contributed by atoms with Crippen LogP contribution in [0.25, 0.3) is 0 Å². The van der Waals surface area contributed by atoms with Crippen LogP contribution in [0.5, 0.6) is 11.5 Å². The molecule has 0 N–H and O–H groups in total. The highest BCUT2D eigenvalue weighted by molar-refractivity contribution is 7.12. The molecule has 1 aromatic heterocycles. The quantitative estimate of drug-likeness (QED) is 0.546. The first-order chi connectivity index (χ1) is 15.7. The van der Waals surface area contributed by atoms with Crippen molar-refractivity contribution < 1.29 is 28.6 Å². The molecule has 1 aliphatic rings. The summed E-state index contributed by atoms with van der Waals surface area (Å²) in [6, 6.07) is 7.07. The number of amides is 2. The van der Waals surface area contributed by atoms with Gasteiger partial charge in [0.15, 0.2) is 5.78 Å². The van der Waals surface area contributed by atoms with E-state index in [0.717, 1.165) is 5.56 Å². The van der Waals surface area contributed by atoms with Gasteiger partial charge in [-0.2, -0.15) is 0 Å². The van der Waals surface area contributed by atoms with Gasteiger partial charge in [0.1, 0.15) is 18.0 Å². The molecule has 178 valence electrons. The first kappa shape index (κ1) is 24.7. The predicted octanol–water partition coefficient (Wildman–Crippen LogP) is 3.25. The van der Waals surface area contributed by atoms with Crippen molar-refractivity contribution in [2.75, 3.05) is 33.9 Å². The van der Waals surface area contributed by atoms with Crippen molar-refractivity contribution in [3.05, 3.63) is 45.6 Å². The van der Waals surface area contributed by atoms with Crippen molar-refractivity contribution in [1.82, 2.24) is 9.80 Å². The van der Waals surface area contributed by atoms with Gasteiger partial charge >= 0.3 is 0 Å². The summed E-state index contributed by atoms with van der Waals surface area (Å²) in [5, 5.41) is 1.66. The number of ether oxygens (including phenoxy) is 3. The van der Waals surface area contributed by atoms with Gasteiger partial charge in [0, 0.05) is 30.6 Å². The third-order valence-corrected chi connectivity index (χ3v) is 6.50. The summed E-state index contributed by atoms with van der Waals surface area (Å²) in [4.78, 5) is 41.4. The van der Waals surface area contributed by atoms with E-state index in [1.807, 2.05) is 26.0 Å². The summed E-state index contributed by atoms with van der Waals surface area (Å²) >= 11 is 1.23. The second-order valence-corrected chi connectivity index (χ2v) is 9.15. The van der Waals surface area contributed by atoms with Gasteiger partial charge < -0.3 is 24.0 Å². The first-order valence-electron chi connectivity index (χ1n) is 10.7. The van der Waals surface area contributed by atoms with Crippen LogP contribution < -0.4 is 9.47 Å². The van der Waals surface area contributed by atoms with E-state index in [-0.39, 0.29) is 49.4 Å². The molecule has 1 saturated heterocycles. The molecule has 0 radical (unpaired) electrons. The summed E-state index contributed by atoms with van der Waals surface area (Å²) in [5.74, 6) is 0.808. The molecule has 8 nitrogen and oxygen atoms in total. The maximum Gasteiger partial charge on any atom is 0.255 e. The standard InChI is InChI=1S/C24H30N2O6S/c1-15(2)26-11-21(32-13-17-6-19(30-4)9-20(7-17)31-5)10-25(12-23(26)28)24(29)18-8-22(16(3)27)33-14-18/h6-9,14-15,21H,10-13H2,1-5H3/t21-/m1/s1. The monoisotopic (exact) mass is 474 g/mol. The minimum atomic E-state index is -0.383. The molecule has 1 fully saturated rings. The molecule has 1 aliphatic heterocycles. The molecule has 2 heterocycles. The van der Waals surface area contributed by atoms with E-state index in [2.05, 4.69) is 0 Å². The molecule has 3 rings (SSSR count). The Hall–Kier alpha value is -2.91. The molecule has 0 bridgehead atoms. The fraction of sp³-hybridized carbons (Fsp3) is 0.458. The molecule has 1 atom stereocenters. The minimum absolute atomic E-state index is 0.0268. The van der Waals surface area contributed by atoms with Crippen LogP contribution in [-0.4, -0.2) is 73.4 Å². The Labute approximate surface area is 198 Å². The van der Waals surface area contributed by atoms with Crippen LogP contribution in [0.1, 0.15) is 46.4 Å². The molecule has 2 aromatic rings. The third-order valence-electron chi connectivity index (χ3n) is 5.47. The maximum atomic E-state index is 13.2. The van der Waals surface area contributed by atoms with Gasteiger partial charge in [-0.05, 0) is 44.5 Å². The van der Waals surface area contributed by atoms with Gasteiger partial charge in [0.25, 0.3) is 5.91 Å². The summed E-state index contributed by atoms with van der Waals surface area (Å²) in [6.07, 6.45) is -0.383. The van der Waals surface area contributed by atoms with Gasteiger partial charge in [-0.15, -0.1) is 11.3 Å². The summed E-state index contributed by atoms with van der Waals surface area (Å²) in [7, 11) is 3.17. The molecule has 0 spiro atoms. The summed E-state index contributed by atoms with van der Waals surface area (Å²) in [5.41, 5.74) is 1.27. The lowest BCUT2D eigenvalue weighted by Crippen LogP contribution is -2.42. The Morgan fingerprint density at radius 1 is 1.09 bits per heavy atom. The number of rotatable bonds is 8. The van der Waals surface area contributed by atoms with E-state index in [0.29, 0.717) is 28.5 Å². The fourth-order valence-corrected chi connectivity index (χ4v) is 4.47. The van der Waals surface area contributed by atoms with Gasteiger partial charge in [0.05, 0.1) is 37.4 Å². The van der Waals surface area contributed by atoms with Crippen LogP contribution in [0.3, 0.4) is 0 Å². The molecule has 1 aromatic carbocycles. The van der Waals surface area contributed by atoms with Gasteiger partial charge in [-0.1, -0.05) is 0 Å². The number of hydrogen-bond acceptors (Lipinski definition) is 7. The Morgan fingerprint density at radius 2 is 1.76 bits per heavy atom. The van der Waals surface area contributed by atoms with Crippen molar-refractivity contribution in [2.24, 2.45) is 0 Å². The summed E-state index contributed by atoms with van der Waals surface area (Å²) in [6.45, 7) is 6.23. The maximum absolute atomic E-state index is 13.2. The third kappa shape index (κ3) is 6.11. The zero-order valence-corrected chi connectivity index (χ0v) is 20.4. The number of Topliss-reactive ketones (excluding diaryl/α,β-unsaturated/α-hetero) is 1. The van der Waals surface area contributed by atoms with Gasteiger partial charge in [-0.25, -0.2) is 0 Å². The molecule has 0 saturated carbocycles. The molecule has 2 amide bonds. The van der Waals surface area contributed by atoms with E-state index in [4.69, 9.17) is 14.2 Å². The van der Waals surface area contributed by atoms with E-state index >= 15 is 0 Å². The first-order valence-corrected chi connectivity index (χ1v) is 11.6. The van der Waals surface area contributed by atoms with Crippen molar-refractivity contribution >= 4 is 28.9 Å². The Bertz CT molecular complexity index is 996. The lowest BCUT2D eigenvalue weighted by Gasteiger charge is -2.27. The van der Waals surface area contributed by atoms with Crippen molar-refractivity contribution in [1.29, 1.82) is 0 Å². The highest BCUT2D eigenvalue weighted by atomic mass is 32.1. The van der Waals surface area contributed by atoms with Gasteiger partial charge in [-0.3, -0.25) is 14.4 Å². The Kier molecular flexibility index (Phi) is 8.10. The number of ketones is 1. The topological polar surface area (TPSA) is 85.4 Å². The lowest BCUT2D eigenvalue weighted by atomic mass is 10.2. The highest BCUT2D eigenvalue weighted by Crippen LogP contribution is 2.24. The summed E-state index contributed by atoms with van der Waals surface area (Å²) < 4.78 is 16.8. The Morgan fingerprint density at radius 3 is 2.30 bits per heavy atom. The average Bonchev–Trinajstić information content (AvgIpc) is 3.23. The van der Waals surface area contributed by atoms with E-state index in [9.17, 15) is 14.4 Å². The number of hydrogen-bond donors (Lipinski definition) is 0. The number of nitrogens with zero attached hydrogens (tertiary/aromatic N) is 2. The molecular formula is C24H30N2O6S. The average molecular weight is 475 g/mol. The second kappa shape index (κ2) is 10.8. The molecule has 9 heteroatoms. The normalized spacial score (nSPS) is 16.7. The van der Waals surface area contributed by atoms with Crippen LogP contribution in [0.15, 0.2) is 29.6 Å². The number of carbonyl (C=O) groups is 3. The number of benzene rings is 1. The zero-order chi connectivity index (χ0) is 24.1. The van der Waals surface area contributed by atoms with E-state index < -0.39 is 0 Å². The molecular weight excluding hydrogens is 444 g/mol. The van der Waals surface area contributed by atoms with Gasteiger partial charge in [0.2, 0.25) is 5.91 Å². The molecule has 0 aliphatic carbocycles. The van der Waals surface area contributed by atoms with Crippen molar-refractivity contribution in [3.8, 4) is 11.5 Å². The second-order valence-electron chi connectivity index (χ2n) is 8.24. The minimum Gasteiger partial charge on any atom is -0.497 e. The van der Waals surface area contributed by atoms with Crippen molar-refractivity contribution in [2.45, 2.75) is 39.5 Å². The van der Waals surface area contributed by atoms with E-state index in [1.54, 1.807) is 36.6 Å². The smallest absolute Gasteiger partial charge is 0.255 e. The van der Waals surface area contributed by atoms with E-state index in [1.165, 1.54) is 23.2 Å². The van der Waals surface area contributed by atoms with Crippen molar-refractivity contribution in [3.63, 3.8) is 0 Å². The largest absolute Gasteiger partial charge is 0.497 e. The molecule has 33 heavy (non-hydrogen) atoms. The number of methoxy groups -OCH3 is 2. The zero-order valence-electron chi connectivity index (χ0n) is 19.6. The van der Waals surface area contributed by atoms with Crippen LogP contribution in [0, 0.1) is 0 Å². The number of thiophene rings is 1. The number of carbonyl (C=O) groups excluding carboxylic acids is 3. The van der Waals surface area contributed by atoms with Crippen LogP contribution in [0.2, 0.25) is 0 Å². The van der Waals surface area contributed by atoms with Crippen LogP contribution in [-0.2, 0) is 16.1 Å². The predicted molar refractivity (Wildman–Crippen MR) is 125 cm³/mol. The highest BCUT2D eigenvalue weighted by Gasteiger charge is 2.33. The molecule has 0 unspecified atom stereocenters.